The lowest BCUT2D eigenvalue weighted by atomic mass is 9.99. The number of carboxylic acids is 1. The summed E-state index contributed by atoms with van der Waals surface area (Å²) in [4.78, 5) is 94.3. The van der Waals surface area contributed by atoms with Crippen molar-refractivity contribution in [2.45, 2.75) is 87.5 Å². The number of amides is 6. The molecule has 1 aliphatic heterocycles. The smallest absolute Gasteiger partial charge is 0.305 e. The van der Waals surface area contributed by atoms with Gasteiger partial charge < -0.3 is 48.5 Å². The van der Waals surface area contributed by atoms with Gasteiger partial charge in [0.25, 0.3) is 0 Å². The number of nitrogens with one attached hydrogen (secondary N) is 4. The van der Waals surface area contributed by atoms with Crippen molar-refractivity contribution in [2.75, 3.05) is 20.1 Å². The second-order valence-electron chi connectivity index (χ2n) is 11.2. The predicted octanol–water partition coefficient (Wildman–Crippen LogP) is -2.63. The second kappa shape index (κ2) is 16.4. The first kappa shape index (κ1) is 38.3. The number of primary amides is 1. The Kier molecular flexibility index (Phi) is 14.2. The summed E-state index contributed by atoms with van der Waals surface area (Å²) in [6.07, 6.45) is -0.490. The van der Waals surface area contributed by atoms with Crippen LogP contribution in [0.4, 0.5) is 0 Å². The maximum absolute atomic E-state index is 13.9. The number of hydrogen-bond acceptors (Lipinski definition) is 10. The molecule has 1 rings (SSSR count). The minimum atomic E-state index is -1.61. The van der Waals surface area contributed by atoms with E-state index in [-0.39, 0.29) is 25.3 Å². The summed E-state index contributed by atoms with van der Waals surface area (Å²) in [5.74, 6) is -6.26. The summed E-state index contributed by atoms with van der Waals surface area (Å²) in [5, 5.41) is 19.1. The highest BCUT2D eigenvalue weighted by Crippen LogP contribution is 2.46. The van der Waals surface area contributed by atoms with E-state index in [0.29, 0.717) is 0 Å². The molecule has 44 heavy (non-hydrogen) atoms. The topological polar surface area (TPSA) is 281 Å². The standard InChI is InChI=1S/C25H43N9O8S2/c1-12(35)31-18-22(42)34(6)14(8-7-9-29-23(27)28)21(41)30-11-15(36)32-13(10-16(37)38)20(40)33-17(19(26)39)24(2,3)43-44-25(18,4)5/h13-14,17-18H,7-11H2,1-6H3,(H2,26,39)(H,30,41)(H,31,35)(H,32,36)(H,33,40)(H,37,38)(H4,27,28,29)/t13-,14-,17+,18+/m0/s1. The molecular weight excluding hydrogens is 618 g/mol. The zero-order valence-electron chi connectivity index (χ0n) is 25.6. The number of aliphatic carboxylic acids is 1. The molecular formula is C25H43N9O8S2. The molecule has 0 saturated carbocycles. The highest BCUT2D eigenvalue weighted by atomic mass is 33.1. The molecule has 0 aromatic carbocycles. The maximum Gasteiger partial charge on any atom is 0.305 e. The molecule has 1 heterocycles. The van der Waals surface area contributed by atoms with E-state index in [2.05, 4.69) is 26.3 Å². The lowest BCUT2D eigenvalue weighted by molar-refractivity contribution is -0.143. The van der Waals surface area contributed by atoms with E-state index in [9.17, 15) is 38.7 Å². The molecule has 11 N–H and O–H groups in total. The molecule has 17 nitrogen and oxygen atoms in total. The summed E-state index contributed by atoms with van der Waals surface area (Å²) >= 11 is 0. The Hall–Kier alpha value is -3.74. The van der Waals surface area contributed by atoms with Crippen molar-refractivity contribution in [1.29, 1.82) is 0 Å². The molecule has 4 atom stereocenters. The van der Waals surface area contributed by atoms with E-state index in [4.69, 9.17) is 17.2 Å². The molecule has 0 spiro atoms. The molecule has 0 aliphatic carbocycles. The van der Waals surface area contributed by atoms with E-state index in [1.807, 2.05) is 0 Å². The van der Waals surface area contributed by atoms with Crippen LogP contribution in [0.15, 0.2) is 4.99 Å². The number of guanidine groups is 1. The van der Waals surface area contributed by atoms with Gasteiger partial charge in [-0.15, -0.1) is 0 Å². The van der Waals surface area contributed by atoms with Crippen LogP contribution < -0.4 is 38.5 Å². The Labute approximate surface area is 263 Å². The third-order valence-electron chi connectivity index (χ3n) is 6.53. The highest BCUT2D eigenvalue weighted by molar-refractivity contribution is 8.77. The van der Waals surface area contributed by atoms with Crippen molar-refractivity contribution in [3.05, 3.63) is 0 Å². The Morgan fingerprint density at radius 2 is 1.61 bits per heavy atom. The fourth-order valence-corrected chi connectivity index (χ4v) is 6.97. The molecule has 0 aromatic rings. The van der Waals surface area contributed by atoms with Gasteiger partial charge in [0.1, 0.15) is 24.2 Å². The fraction of sp³-hybridized carbons (Fsp3) is 0.680. The van der Waals surface area contributed by atoms with Gasteiger partial charge in [-0.05, 0) is 40.5 Å². The van der Waals surface area contributed by atoms with Crippen LogP contribution in [0.3, 0.4) is 0 Å². The Morgan fingerprint density at radius 3 is 2.14 bits per heavy atom. The molecule has 0 bridgehead atoms. The van der Waals surface area contributed by atoms with Crippen LogP contribution in [-0.4, -0.2) is 111 Å². The van der Waals surface area contributed by atoms with Crippen molar-refractivity contribution >= 4 is 69.0 Å². The zero-order chi connectivity index (χ0) is 34.0. The number of carboxylic acid groups (broad SMARTS) is 1. The third-order valence-corrected chi connectivity index (χ3v) is 10.8. The van der Waals surface area contributed by atoms with Gasteiger partial charge in [-0.25, -0.2) is 0 Å². The number of carbonyl (C=O) groups excluding carboxylic acids is 6. The number of likely N-dealkylation sites (N-methyl/N-ethyl adjacent to an activating group) is 1. The van der Waals surface area contributed by atoms with E-state index in [0.717, 1.165) is 26.5 Å². The lowest BCUT2D eigenvalue weighted by Crippen LogP contribution is -2.60. The van der Waals surface area contributed by atoms with Gasteiger partial charge in [0, 0.05) is 30.0 Å². The van der Waals surface area contributed by atoms with Crippen molar-refractivity contribution in [1.82, 2.24) is 26.2 Å². The van der Waals surface area contributed by atoms with Crippen molar-refractivity contribution in [3.63, 3.8) is 0 Å². The van der Waals surface area contributed by atoms with Crippen LogP contribution in [0.2, 0.25) is 0 Å². The van der Waals surface area contributed by atoms with Gasteiger partial charge >= 0.3 is 5.97 Å². The first-order valence-corrected chi connectivity index (χ1v) is 15.7. The SMILES string of the molecule is CC(=O)N[C@@H]1C(=O)N(C)[C@@H](CCCN=C(N)N)C(=O)NCC(=O)N[C@@H](CC(=O)O)C(=O)N[C@H](C(N)=O)C(C)(C)SSC1(C)C. The molecule has 1 fully saturated rings. The van der Waals surface area contributed by atoms with Gasteiger partial charge in [-0.2, -0.15) is 0 Å². The summed E-state index contributed by atoms with van der Waals surface area (Å²) in [7, 11) is 3.60. The normalized spacial score (nSPS) is 25.0. The average Bonchev–Trinajstić information content (AvgIpc) is 2.89. The van der Waals surface area contributed by atoms with E-state index >= 15 is 0 Å². The lowest BCUT2D eigenvalue weighted by Gasteiger charge is -2.39. The molecule has 0 aromatic heterocycles. The monoisotopic (exact) mass is 661 g/mol. The molecule has 0 unspecified atom stereocenters. The van der Waals surface area contributed by atoms with E-state index in [1.54, 1.807) is 27.7 Å². The number of nitrogens with zero attached hydrogens (tertiary/aromatic N) is 2. The van der Waals surface area contributed by atoms with Gasteiger partial charge in [-0.3, -0.25) is 38.6 Å². The Bertz CT molecular complexity index is 1160. The first-order chi connectivity index (χ1) is 20.2. The van der Waals surface area contributed by atoms with Crippen LogP contribution in [0.5, 0.6) is 0 Å². The Morgan fingerprint density at radius 1 is 1.02 bits per heavy atom. The number of rotatable bonds is 8. The van der Waals surface area contributed by atoms with Crippen LogP contribution in [0.25, 0.3) is 0 Å². The van der Waals surface area contributed by atoms with Crippen LogP contribution in [-0.2, 0) is 33.6 Å². The largest absolute Gasteiger partial charge is 0.481 e. The van der Waals surface area contributed by atoms with Crippen molar-refractivity contribution in [2.24, 2.45) is 22.2 Å². The predicted molar refractivity (Wildman–Crippen MR) is 166 cm³/mol. The third kappa shape index (κ3) is 11.7. The maximum atomic E-state index is 13.9. The minimum Gasteiger partial charge on any atom is -0.481 e. The number of nitrogens with two attached hydrogens (primary N) is 3. The molecule has 248 valence electrons. The van der Waals surface area contributed by atoms with E-state index in [1.165, 1.54) is 14.0 Å². The van der Waals surface area contributed by atoms with Crippen LogP contribution >= 0.6 is 21.6 Å². The quantitative estimate of drug-likeness (QED) is 0.0574. The first-order valence-electron chi connectivity index (χ1n) is 13.5. The van der Waals surface area contributed by atoms with E-state index < -0.39 is 88.0 Å². The molecule has 1 aliphatic rings. The molecule has 6 amide bonds. The fourth-order valence-electron chi connectivity index (χ4n) is 4.14. The summed E-state index contributed by atoms with van der Waals surface area (Å²) in [6.45, 7) is 7.27. The van der Waals surface area contributed by atoms with Gasteiger partial charge in [0.2, 0.25) is 35.4 Å². The second-order valence-corrected chi connectivity index (χ2v) is 14.6. The van der Waals surface area contributed by atoms with Gasteiger partial charge in [-0.1, -0.05) is 21.6 Å². The average molecular weight is 662 g/mol. The molecule has 1 saturated heterocycles. The Balaban J connectivity index is 3.65. The molecule has 19 heteroatoms. The summed E-state index contributed by atoms with van der Waals surface area (Å²) < 4.78 is -2.21. The zero-order valence-corrected chi connectivity index (χ0v) is 27.2. The number of hydrogen-bond donors (Lipinski definition) is 8. The van der Waals surface area contributed by atoms with Gasteiger partial charge in [0.05, 0.1) is 13.0 Å². The molecule has 0 radical (unpaired) electrons. The van der Waals surface area contributed by atoms with Crippen LogP contribution in [0.1, 0.15) is 53.9 Å². The minimum absolute atomic E-state index is 0.0684. The number of aliphatic imine (C=N–C) groups is 1. The summed E-state index contributed by atoms with van der Waals surface area (Å²) in [6, 6.07) is -5.27. The highest BCUT2D eigenvalue weighted by Gasteiger charge is 2.45. The summed E-state index contributed by atoms with van der Waals surface area (Å²) in [5.41, 5.74) is 16.4. The van der Waals surface area contributed by atoms with Crippen molar-refractivity contribution < 1.29 is 38.7 Å². The van der Waals surface area contributed by atoms with Gasteiger partial charge in [0.15, 0.2) is 5.96 Å². The number of carbonyl (C=O) groups is 7. The van der Waals surface area contributed by atoms with Crippen molar-refractivity contribution in [3.8, 4) is 0 Å². The van der Waals surface area contributed by atoms with Crippen LogP contribution in [0, 0.1) is 0 Å².